The maximum absolute atomic E-state index is 14.0. The lowest BCUT2D eigenvalue weighted by molar-refractivity contribution is -0.142. The topological polar surface area (TPSA) is 268 Å². The highest BCUT2D eigenvalue weighted by Gasteiger charge is 2.36. The molecule has 1 aliphatic heterocycles. The zero-order valence-corrected chi connectivity index (χ0v) is 31.2. The van der Waals surface area contributed by atoms with E-state index in [0.717, 1.165) is 32.1 Å². The van der Waals surface area contributed by atoms with Crippen LogP contribution in [0.2, 0.25) is 0 Å². The number of nitrogens with one attached hydrogen (secondary N) is 6. The maximum Gasteiger partial charge on any atom is 0.326 e. The predicted octanol–water partition coefficient (Wildman–Crippen LogP) is -0.445. The number of primary amides is 1. The molecule has 1 aromatic carbocycles. The van der Waals surface area contributed by atoms with Crippen LogP contribution in [0.1, 0.15) is 84.1 Å². The minimum Gasteiger partial charge on any atom is -0.480 e. The number of benzene rings is 1. The molecule has 0 radical (unpaired) electrons. The van der Waals surface area contributed by atoms with Gasteiger partial charge in [0, 0.05) is 26.3 Å². The lowest BCUT2D eigenvalue weighted by atomic mass is 9.84. The van der Waals surface area contributed by atoms with Gasteiger partial charge < -0.3 is 47.5 Å². The first-order valence-corrected chi connectivity index (χ1v) is 18.6. The molecule has 1 aromatic rings. The molecule has 298 valence electrons. The average Bonchev–Trinajstić information content (AvgIpc) is 3.97. The molecule has 0 bridgehead atoms. The van der Waals surface area contributed by atoms with E-state index >= 15 is 0 Å². The van der Waals surface area contributed by atoms with Crippen molar-refractivity contribution in [2.24, 2.45) is 17.6 Å². The van der Waals surface area contributed by atoms with Crippen molar-refractivity contribution in [1.29, 1.82) is 0 Å². The number of epoxide rings is 1. The molecule has 1 saturated heterocycles. The van der Waals surface area contributed by atoms with E-state index in [1.165, 1.54) is 6.92 Å². The quantitative estimate of drug-likeness (QED) is 0.0707. The number of rotatable bonds is 22. The Balaban J connectivity index is 1.83. The van der Waals surface area contributed by atoms with Crippen molar-refractivity contribution < 1.29 is 48.2 Å². The highest BCUT2D eigenvalue weighted by molar-refractivity contribution is 5.96. The van der Waals surface area contributed by atoms with E-state index in [4.69, 9.17) is 10.5 Å². The molecule has 6 atom stereocenters. The third-order valence-corrected chi connectivity index (χ3v) is 9.28. The van der Waals surface area contributed by atoms with Crippen LogP contribution in [-0.4, -0.2) is 102 Å². The minimum absolute atomic E-state index is 0.00235. The zero-order valence-electron chi connectivity index (χ0n) is 31.2. The van der Waals surface area contributed by atoms with Crippen molar-refractivity contribution in [3.8, 4) is 0 Å². The van der Waals surface area contributed by atoms with Crippen LogP contribution in [0.3, 0.4) is 0 Å². The molecule has 3 rings (SSSR count). The molecule has 1 heterocycles. The van der Waals surface area contributed by atoms with Crippen LogP contribution in [0.15, 0.2) is 30.3 Å². The highest BCUT2D eigenvalue weighted by Crippen LogP contribution is 2.27. The molecule has 9 N–H and O–H groups in total. The molecule has 0 unspecified atom stereocenters. The number of aliphatic carboxylic acids is 1. The lowest BCUT2D eigenvalue weighted by Gasteiger charge is -2.30. The third kappa shape index (κ3) is 15.5. The van der Waals surface area contributed by atoms with Crippen molar-refractivity contribution >= 4 is 47.3 Å². The molecule has 17 heteroatoms. The van der Waals surface area contributed by atoms with Gasteiger partial charge in [-0.3, -0.25) is 33.6 Å². The summed E-state index contributed by atoms with van der Waals surface area (Å²) in [6, 6.07) is 2.45. The Kier molecular flexibility index (Phi) is 17.3. The van der Waals surface area contributed by atoms with Crippen LogP contribution in [0.5, 0.6) is 0 Å². The van der Waals surface area contributed by atoms with Gasteiger partial charge in [-0.05, 0) is 36.7 Å². The number of ether oxygens (including phenoxy) is 1. The van der Waals surface area contributed by atoms with Crippen LogP contribution in [0.4, 0.5) is 0 Å². The molecule has 17 nitrogen and oxygen atoms in total. The fraction of sp³-hybridized carbons (Fsp3) is 0.622. The van der Waals surface area contributed by atoms with Gasteiger partial charge >= 0.3 is 5.97 Å². The first-order chi connectivity index (χ1) is 25.6. The number of carbonyl (C=O) groups is 8. The van der Waals surface area contributed by atoms with Crippen LogP contribution in [0.25, 0.3) is 0 Å². The smallest absolute Gasteiger partial charge is 0.326 e. The Bertz CT molecular complexity index is 1480. The van der Waals surface area contributed by atoms with Gasteiger partial charge in [0.1, 0.15) is 30.2 Å². The summed E-state index contributed by atoms with van der Waals surface area (Å²) in [6.07, 6.45) is 3.86. The monoisotopic (exact) mass is 757 g/mol. The van der Waals surface area contributed by atoms with E-state index < -0.39 is 90.2 Å². The summed E-state index contributed by atoms with van der Waals surface area (Å²) in [5.41, 5.74) is 5.95. The van der Waals surface area contributed by atoms with Gasteiger partial charge in [-0.2, -0.15) is 0 Å². The van der Waals surface area contributed by atoms with Gasteiger partial charge in [0.25, 0.3) is 5.91 Å². The Hall–Kier alpha value is -5.06. The summed E-state index contributed by atoms with van der Waals surface area (Å²) in [5, 5.41) is 25.4. The molecule has 1 saturated carbocycles. The number of nitrogens with two attached hydrogens (primary N) is 1. The standard InChI is InChI=1S/C37H55N7O10/c1-21(2)16-26(33(48)43-28(37(52)53)18-24-12-8-5-9-13-24)41-35(50)29(19-39-36(51)30-20-54-30)44-34(49)27(17-23-10-6-4-7-11-23)42-32(47)25(40-22(3)45)14-15-31(38)46/h5,8-9,12-13,21,23,25-30H,4,6-7,10-11,14-20H2,1-3H3,(H2,38,46)(H,39,51)(H,40,45)(H,41,50)(H,42,47)(H,43,48)(H,44,49)(H,52,53)/t25-,26-,27-,28-,29-,30+/m0/s1. The Morgan fingerprint density at radius 3 is 1.91 bits per heavy atom. The van der Waals surface area contributed by atoms with Gasteiger partial charge in [0.2, 0.25) is 35.4 Å². The van der Waals surface area contributed by atoms with Gasteiger partial charge in [0.15, 0.2) is 6.10 Å². The lowest BCUT2D eigenvalue weighted by Crippen LogP contribution is -2.61. The van der Waals surface area contributed by atoms with Gasteiger partial charge in [-0.25, -0.2) is 4.79 Å². The number of carbonyl (C=O) groups excluding carboxylic acids is 7. The third-order valence-electron chi connectivity index (χ3n) is 9.28. The Morgan fingerprint density at radius 2 is 1.33 bits per heavy atom. The summed E-state index contributed by atoms with van der Waals surface area (Å²) in [5.74, 6) is -6.10. The fourth-order valence-corrected chi connectivity index (χ4v) is 6.36. The molecule has 0 aromatic heterocycles. The van der Waals surface area contributed by atoms with E-state index in [1.807, 2.05) is 13.8 Å². The average molecular weight is 758 g/mol. The molecule has 7 amide bonds. The Labute approximate surface area is 315 Å². The predicted molar refractivity (Wildman–Crippen MR) is 195 cm³/mol. The SMILES string of the molecule is CC(=O)N[C@@H](CCC(N)=O)C(=O)N[C@@H](CC1CCCCC1)C(=O)N[C@@H](CNC(=O)[C@H]1CO1)C(=O)N[C@@H](CC(C)C)C(=O)N[C@@H](Cc1ccccc1)C(=O)O. The van der Waals surface area contributed by atoms with Crippen molar-refractivity contribution in [1.82, 2.24) is 31.9 Å². The van der Waals surface area contributed by atoms with Gasteiger partial charge in [-0.1, -0.05) is 76.3 Å². The van der Waals surface area contributed by atoms with E-state index in [0.29, 0.717) is 5.56 Å². The number of hydrogen-bond donors (Lipinski definition) is 8. The van der Waals surface area contributed by atoms with Crippen molar-refractivity contribution in [3.63, 3.8) is 0 Å². The van der Waals surface area contributed by atoms with E-state index in [-0.39, 0.29) is 50.5 Å². The molecule has 2 fully saturated rings. The second-order valence-corrected chi connectivity index (χ2v) is 14.5. The number of hydrogen-bond acceptors (Lipinski definition) is 9. The molecule has 2 aliphatic rings. The molecule has 0 spiro atoms. The van der Waals surface area contributed by atoms with Crippen molar-refractivity contribution in [2.45, 2.75) is 121 Å². The highest BCUT2D eigenvalue weighted by atomic mass is 16.6. The van der Waals surface area contributed by atoms with E-state index in [9.17, 15) is 43.5 Å². The summed E-state index contributed by atoms with van der Waals surface area (Å²) in [7, 11) is 0. The van der Waals surface area contributed by atoms with Crippen LogP contribution < -0.4 is 37.6 Å². The summed E-state index contributed by atoms with van der Waals surface area (Å²) in [6.45, 7) is 4.64. The van der Waals surface area contributed by atoms with Crippen molar-refractivity contribution in [2.75, 3.05) is 13.2 Å². The van der Waals surface area contributed by atoms with Gasteiger partial charge in [-0.15, -0.1) is 0 Å². The summed E-state index contributed by atoms with van der Waals surface area (Å²) < 4.78 is 5.03. The normalized spacial score (nSPS) is 18.1. The first-order valence-electron chi connectivity index (χ1n) is 18.6. The molecular formula is C37H55N7O10. The van der Waals surface area contributed by atoms with Gasteiger partial charge in [0.05, 0.1) is 6.61 Å². The van der Waals surface area contributed by atoms with Crippen LogP contribution in [-0.2, 0) is 49.5 Å². The minimum atomic E-state index is -1.44. The van der Waals surface area contributed by atoms with Crippen molar-refractivity contribution in [3.05, 3.63) is 35.9 Å². The van der Waals surface area contributed by atoms with Crippen LogP contribution in [0, 0.1) is 11.8 Å². The second kappa shape index (κ2) is 21.6. The number of amides is 7. The largest absolute Gasteiger partial charge is 0.480 e. The Morgan fingerprint density at radius 1 is 0.778 bits per heavy atom. The summed E-state index contributed by atoms with van der Waals surface area (Å²) in [4.78, 5) is 103. The molecular weight excluding hydrogens is 702 g/mol. The second-order valence-electron chi connectivity index (χ2n) is 14.5. The summed E-state index contributed by atoms with van der Waals surface area (Å²) >= 11 is 0. The number of carboxylic acids is 1. The number of carboxylic acid groups (broad SMARTS) is 1. The fourth-order valence-electron chi connectivity index (χ4n) is 6.36. The van der Waals surface area contributed by atoms with Crippen LogP contribution >= 0.6 is 0 Å². The maximum atomic E-state index is 14.0. The first kappa shape index (κ1) is 43.3. The molecule has 1 aliphatic carbocycles. The van der Waals surface area contributed by atoms with E-state index in [2.05, 4.69) is 31.9 Å². The van der Waals surface area contributed by atoms with E-state index in [1.54, 1.807) is 30.3 Å². The molecule has 54 heavy (non-hydrogen) atoms. The zero-order chi connectivity index (χ0) is 39.8.